The Morgan fingerprint density at radius 3 is 2.89 bits per heavy atom. The smallest absolute Gasteiger partial charge is 0.252 e. The third-order valence-corrected chi connectivity index (χ3v) is 5.50. The summed E-state index contributed by atoms with van der Waals surface area (Å²) in [6.07, 6.45) is 1.68. The number of amides is 1. The van der Waals surface area contributed by atoms with Crippen LogP contribution in [-0.4, -0.2) is 48.1 Å². The van der Waals surface area contributed by atoms with Gasteiger partial charge in [0.1, 0.15) is 5.75 Å². The highest BCUT2D eigenvalue weighted by molar-refractivity contribution is 7.99. The van der Waals surface area contributed by atoms with E-state index in [1.54, 1.807) is 16.8 Å². The highest BCUT2D eigenvalue weighted by Crippen LogP contribution is 2.35. The summed E-state index contributed by atoms with van der Waals surface area (Å²) in [7, 11) is 0. The van der Waals surface area contributed by atoms with E-state index in [9.17, 15) is 4.79 Å². The van der Waals surface area contributed by atoms with Gasteiger partial charge in [-0.2, -0.15) is 16.9 Å². The van der Waals surface area contributed by atoms with E-state index in [4.69, 9.17) is 14.2 Å². The number of carbonyl (C=O) groups is 1. The molecule has 0 N–H and O–H groups in total. The number of carbonyl (C=O) groups excluding carboxylic acids is 1. The van der Waals surface area contributed by atoms with Gasteiger partial charge in [-0.15, -0.1) is 0 Å². The van der Waals surface area contributed by atoms with Crippen LogP contribution in [0.2, 0.25) is 0 Å². The minimum absolute atomic E-state index is 0.0626. The van der Waals surface area contributed by atoms with Crippen LogP contribution in [0.5, 0.6) is 17.2 Å². The minimum atomic E-state index is 0.0626. The molecule has 0 bridgehead atoms. The maximum atomic E-state index is 12.3. The molecule has 2 aliphatic rings. The van der Waals surface area contributed by atoms with Crippen molar-refractivity contribution in [3.05, 3.63) is 54.1 Å². The molecule has 0 aromatic heterocycles. The van der Waals surface area contributed by atoms with Gasteiger partial charge < -0.3 is 14.2 Å². The molecule has 0 radical (unpaired) electrons. The van der Waals surface area contributed by atoms with E-state index in [0.29, 0.717) is 18.9 Å². The average Bonchev–Trinajstić information content (AvgIpc) is 3.40. The van der Waals surface area contributed by atoms with Crippen molar-refractivity contribution in [3.8, 4) is 17.2 Å². The Morgan fingerprint density at radius 2 is 2.00 bits per heavy atom. The Bertz CT molecular complexity index is 857. The summed E-state index contributed by atoms with van der Waals surface area (Å²) < 4.78 is 16.4. The Labute approximate surface area is 168 Å². The van der Waals surface area contributed by atoms with E-state index in [2.05, 4.69) is 5.10 Å². The van der Waals surface area contributed by atoms with E-state index in [-0.39, 0.29) is 12.7 Å². The molecular formula is C21H22N2O4S. The van der Waals surface area contributed by atoms with Gasteiger partial charge in [-0.25, -0.2) is 5.01 Å². The normalized spacial score (nSPS) is 14.9. The summed E-state index contributed by atoms with van der Waals surface area (Å²) in [5.41, 5.74) is 2.07. The van der Waals surface area contributed by atoms with Crippen LogP contribution in [0.15, 0.2) is 53.6 Å². The molecule has 2 heterocycles. The van der Waals surface area contributed by atoms with Crippen LogP contribution in [0.3, 0.4) is 0 Å². The van der Waals surface area contributed by atoms with Crippen molar-refractivity contribution in [3.63, 3.8) is 0 Å². The molecule has 0 unspecified atom stereocenters. The molecule has 0 saturated carbocycles. The molecule has 0 atom stereocenters. The summed E-state index contributed by atoms with van der Waals surface area (Å²) >= 11 is 1.62. The standard InChI is InChI=1S/C21H22N2O4S/c24-21(23-10-9-18(22-23)16-5-2-1-3-6-16)14-28-12-4-11-25-17-7-8-19-20(13-17)27-15-26-19/h1-3,5-8,13H,4,9-12,14-15H2. The van der Waals surface area contributed by atoms with Gasteiger partial charge in [-0.1, -0.05) is 30.3 Å². The molecule has 0 saturated heterocycles. The predicted molar refractivity (Wildman–Crippen MR) is 109 cm³/mol. The van der Waals surface area contributed by atoms with Crippen molar-refractivity contribution in [2.75, 3.05) is 31.5 Å². The van der Waals surface area contributed by atoms with Crippen molar-refractivity contribution in [1.82, 2.24) is 5.01 Å². The molecule has 2 aromatic carbocycles. The second-order valence-corrected chi connectivity index (χ2v) is 7.55. The number of hydrogen-bond donors (Lipinski definition) is 0. The first-order valence-electron chi connectivity index (χ1n) is 9.33. The van der Waals surface area contributed by atoms with Gasteiger partial charge >= 0.3 is 0 Å². The van der Waals surface area contributed by atoms with Crippen molar-refractivity contribution >= 4 is 23.4 Å². The summed E-state index contributed by atoms with van der Waals surface area (Å²) in [5.74, 6) is 3.60. The number of nitrogens with zero attached hydrogens (tertiary/aromatic N) is 2. The minimum Gasteiger partial charge on any atom is -0.493 e. The molecule has 2 aliphatic heterocycles. The molecule has 1 amide bonds. The monoisotopic (exact) mass is 398 g/mol. The fraction of sp³-hybridized carbons (Fsp3) is 0.333. The molecule has 0 spiro atoms. The van der Waals surface area contributed by atoms with Crippen LogP contribution in [-0.2, 0) is 4.79 Å². The summed E-state index contributed by atoms with van der Waals surface area (Å²) in [6.45, 7) is 1.52. The first kappa shape index (κ1) is 18.7. The van der Waals surface area contributed by atoms with Crippen molar-refractivity contribution < 1.29 is 19.0 Å². The Hall–Kier alpha value is -2.67. The fourth-order valence-electron chi connectivity index (χ4n) is 3.02. The maximum absolute atomic E-state index is 12.3. The van der Waals surface area contributed by atoms with Gasteiger partial charge in [0.15, 0.2) is 11.5 Å². The van der Waals surface area contributed by atoms with Crippen LogP contribution >= 0.6 is 11.8 Å². The van der Waals surface area contributed by atoms with E-state index in [1.165, 1.54) is 0 Å². The Morgan fingerprint density at radius 1 is 1.14 bits per heavy atom. The highest BCUT2D eigenvalue weighted by Gasteiger charge is 2.21. The van der Waals surface area contributed by atoms with Gasteiger partial charge in [0, 0.05) is 12.5 Å². The first-order valence-corrected chi connectivity index (χ1v) is 10.5. The lowest BCUT2D eigenvalue weighted by atomic mass is 10.1. The number of thioether (sulfide) groups is 1. The topological polar surface area (TPSA) is 60.4 Å². The lowest BCUT2D eigenvalue weighted by molar-refractivity contribution is -0.127. The van der Waals surface area contributed by atoms with E-state index in [1.807, 2.05) is 48.5 Å². The maximum Gasteiger partial charge on any atom is 0.252 e. The van der Waals surface area contributed by atoms with E-state index >= 15 is 0 Å². The molecule has 4 rings (SSSR count). The van der Waals surface area contributed by atoms with E-state index < -0.39 is 0 Å². The average molecular weight is 398 g/mol. The molecule has 28 heavy (non-hydrogen) atoms. The Balaban J connectivity index is 1.14. The third-order valence-electron chi connectivity index (χ3n) is 4.47. The molecule has 2 aromatic rings. The highest BCUT2D eigenvalue weighted by atomic mass is 32.2. The van der Waals surface area contributed by atoms with Crippen molar-refractivity contribution in [2.45, 2.75) is 12.8 Å². The van der Waals surface area contributed by atoms with Gasteiger partial charge in [0.05, 0.1) is 24.6 Å². The quantitative estimate of drug-likeness (QED) is 0.637. The predicted octanol–water partition coefficient (Wildman–Crippen LogP) is 3.55. The largest absolute Gasteiger partial charge is 0.493 e. The van der Waals surface area contributed by atoms with Gasteiger partial charge in [-0.05, 0) is 29.9 Å². The Kier molecular flexibility index (Phi) is 6.01. The second kappa shape index (κ2) is 9.01. The number of hydrogen-bond acceptors (Lipinski definition) is 6. The molecular weight excluding hydrogens is 376 g/mol. The second-order valence-electron chi connectivity index (χ2n) is 6.45. The SMILES string of the molecule is O=C(CSCCCOc1ccc2c(c1)OCO2)N1CCC(c2ccccc2)=N1. The van der Waals surface area contributed by atoms with Gasteiger partial charge in [0.25, 0.3) is 5.91 Å². The van der Waals surface area contributed by atoms with Crippen LogP contribution in [0.25, 0.3) is 0 Å². The summed E-state index contributed by atoms with van der Waals surface area (Å²) in [5, 5.41) is 6.08. The molecule has 6 nitrogen and oxygen atoms in total. The molecule has 146 valence electrons. The van der Waals surface area contributed by atoms with Crippen LogP contribution in [0.4, 0.5) is 0 Å². The number of ether oxygens (including phenoxy) is 3. The summed E-state index contributed by atoms with van der Waals surface area (Å²) in [6, 6.07) is 15.6. The van der Waals surface area contributed by atoms with Crippen LogP contribution in [0.1, 0.15) is 18.4 Å². The zero-order chi connectivity index (χ0) is 19.2. The lowest BCUT2D eigenvalue weighted by Crippen LogP contribution is -2.25. The van der Waals surface area contributed by atoms with Crippen LogP contribution < -0.4 is 14.2 Å². The van der Waals surface area contributed by atoms with Crippen LogP contribution in [0, 0.1) is 0 Å². The third kappa shape index (κ3) is 4.59. The fourth-order valence-corrected chi connectivity index (χ4v) is 3.81. The zero-order valence-electron chi connectivity index (χ0n) is 15.5. The molecule has 0 fully saturated rings. The number of hydrazone groups is 1. The summed E-state index contributed by atoms with van der Waals surface area (Å²) in [4.78, 5) is 12.3. The van der Waals surface area contributed by atoms with E-state index in [0.717, 1.165) is 47.1 Å². The number of fused-ring (bicyclic) bond motifs is 1. The number of benzene rings is 2. The lowest BCUT2D eigenvalue weighted by Gasteiger charge is -2.11. The van der Waals surface area contributed by atoms with Crippen molar-refractivity contribution in [1.29, 1.82) is 0 Å². The first-order chi connectivity index (χ1) is 13.8. The number of rotatable bonds is 8. The van der Waals surface area contributed by atoms with Gasteiger partial charge in [-0.3, -0.25) is 4.79 Å². The molecule has 7 heteroatoms. The molecule has 0 aliphatic carbocycles. The van der Waals surface area contributed by atoms with Gasteiger partial charge in [0.2, 0.25) is 6.79 Å². The van der Waals surface area contributed by atoms with Crippen molar-refractivity contribution in [2.24, 2.45) is 5.10 Å². The zero-order valence-corrected chi connectivity index (χ0v) is 16.3.